The van der Waals surface area contributed by atoms with Crippen LogP contribution in [0.1, 0.15) is 34.9 Å². The number of hydrogen-bond donors (Lipinski definition) is 1. The summed E-state index contributed by atoms with van der Waals surface area (Å²) in [6.45, 7) is 5.37. The second-order valence-corrected chi connectivity index (χ2v) is 6.91. The molecule has 3 nitrogen and oxygen atoms in total. The van der Waals surface area contributed by atoms with Gasteiger partial charge in [-0.1, -0.05) is 18.2 Å². The second kappa shape index (κ2) is 6.53. The summed E-state index contributed by atoms with van der Waals surface area (Å²) in [5.74, 6) is 0.191. The number of rotatable bonds is 4. The van der Waals surface area contributed by atoms with Crippen LogP contribution in [0, 0.1) is 13.8 Å². The van der Waals surface area contributed by atoms with Gasteiger partial charge in [0.05, 0.1) is 12.6 Å². The second-order valence-electron chi connectivity index (χ2n) is 5.93. The van der Waals surface area contributed by atoms with Gasteiger partial charge in [0.2, 0.25) is 5.91 Å². The minimum atomic E-state index is 0.191. The normalized spacial score (nSPS) is 17.7. The number of nitrogens with zero attached hydrogens (tertiary/aromatic N) is 1. The molecule has 1 N–H and O–H groups in total. The van der Waals surface area contributed by atoms with Gasteiger partial charge in [-0.2, -0.15) is 0 Å². The predicted octanol–water partition coefficient (Wildman–Crippen LogP) is 4.14. The van der Waals surface area contributed by atoms with Crippen molar-refractivity contribution in [1.29, 1.82) is 0 Å². The number of aryl methyl sites for hydroxylation is 2. The Kier molecular flexibility index (Phi) is 4.48. The van der Waals surface area contributed by atoms with Crippen LogP contribution in [0.4, 0.5) is 5.69 Å². The fourth-order valence-electron chi connectivity index (χ4n) is 3.04. The van der Waals surface area contributed by atoms with Crippen LogP contribution in [-0.2, 0) is 4.79 Å². The molecule has 0 spiro atoms. The Morgan fingerprint density at radius 1 is 1.36 bits per heavy atom. The van der Waals surface area contributed by atoms with Gasteiger partial charge in [0.15, 0.2) is 0 Å². The van der Waals surface area contributed by atoms with Gasteiger partial charge in [-0.05, 0) is 55.3 Å². The van der Waals surface area contributed by atoms with E-state index < -0.39 is 0 Å². The predicted molar refractivity (Wildman–Crippen MR) is 92.4 cm³/mol. The highest BCUT2D eigenvalue weighted by Gasteiger charge is 2.30. The lowest BCUT2D eigenvalue weighted by atomic mass is 10.1. The van der Waals surface area contributed by atoms with E-state index in [-0.39, 0.29) is 11.9 Å². The van der Waals surface area contributed by atoms with Crippen LogP contribution in [0.25, 0.3) is 0 Å². The van der Waals surface area contributed by atoms with E-state index in [2.05, 4.69) is 54.9 Å². The van der Waals surface area contributed by atoms with Crippen molar-refractivity contribution in [3.05, 3.63) is 51.7 Å². The minimum absolute atomic E-state index is 0.191. The Morgan fingerprint density at radius 3 is 3.00 bits per heavy atom. The summed E-state index contributed by atoms with van der Waals surface area (Å²) in [5.41, 5.74) is 3.44. The van der Waals surface area contributed by atoms with E-state index in [0.717, 1.165) is 25.1 Å². The van der Waals surface area contributed by atoms with E-state index >= 15 is 0 Å². The molecule has 0 aliphatic carbocycles. The molecule has 3 rings (SSSR count). The Balaban J connectivity index is 1.65. The van der Waals surface area contributed by atoms with Crippen molar-refractivity contribution in [2.75, 3.05) is 18.4 Å². The van der Waals surface area contributed by atoms with E-state index in [1.54, 1.807) is 11.3 Å². The zero-order chi connectivity index (χ0) is 15.5. The molecular formula is C18H22N2OS. The van der Waals surface area contributed by atoms with Crippen molar-refractivity contribution in [2.45, 2.75) is 32.7 Å². The first kappa shape index (κ1) is 15.1. The number of likely N-dealkylation sites (tertiary alicyclic amines) is 1. The maximum atomic E-state index is 12.6. The quantitative estimate of drug-likeness (QED) is 0.920. The lowest BCUT2D eigenvalue weighted by molar-refractivity contribution is -0.130. The molecule has 116 valence electrons. The molecule has 4 heteroatoms. The average molecular weight is 314 g/mol. The van der Waals surface area contributed by atoms with E-state index in [9.17, 15) is 4.79 Å². The van der Waals surface area contributed by atoms with Crippen molar-refractivity contribution in [3.63, 3.8) is 0 Å². The van der Waals surface area contributed by atoms with Crippen molar-refractivity contribution in [1.82, 2.24) is 4.90 Å². The third kappa shape index (κ3) is 3.17. The van der Waals surface area contributed by atoms with Crippen LogP contribution in [0.3, 0.4) is 0 Å². The number of benzene rings is 1. The summed E-state index contributed by atoms with van der Waals surface area (Å²) in [7, 11) is 0. The molecule has 2 aromatic rings. The zero-order valence-corrected chi connectivity index (χ0v) is 14.0. The van der Waals surface area contributed by atoms with Crippen molar-refractivity contribution in [2.24, 2.45) is 0 Å². The topological polar surface area (TPSA) is 32.3 Å². The molecule has 1 atom stereocenters. The molecule has 1 aromatic heterocycles. The van der Waals surface area contributed by atoms with E-state index in [1.165, 1.54) is 16.0 Å². The van der Waals surface area contributed by atoms with Crippen molar-refractivity contribution >= 4 is 22.9 Å². The van der Waals surface area contributed by atoms with Gasteiger partial charge in [0.1, 0.15) is 0 Å². The summed E-state index contributed by atoms with van der Waals surface area (Å²) < 4.78 is 0. The molecule has 1 saturated heterocycles. The standard InChI is InChI=1S/C18H22N2OS/c1-13-7-8-14(2)15(11-13)19-12-18(21)20-9-3-5-16(20)17-6-4-10-22-17/h4,6-8,10-11,16,19H,3,5,9,12H2,1-2H3. The lowest BCUT2D eigenvalue weighted by Gasteiger charge is -2.24. The van der Waals surface area contributed by atoms with Gasteiger partial charge in [-0.3, -0.25) is 4.79 Å². The third-order valence-electron chi connectivity index (χ3n) is 4.27. The molecule has 22 heavy (non-hydrogen) atoms. The molecule has 1 aliphatic rings. The largest absolute Gasteiger partial charge is 0.376 e. The Bertz CT molecular complexity index is 651. The van der Waals surface area contributed by atoms with Crippen LogP contribution < -0.4 is 5.32 Å². The Hall–Kier alpha value is -1.81. The molecule has 1 aromatic carbocycles. The maximum Gasteiger partial charge on any atom is 0.242 e. The number of thiophene rings is 1. The average Bonchev–Trinajstić information content (AvgIpc) is 3.17. The molecular weight excluding hydrogens is 292 g/mol. The van der Waals surface area contributed by atoms with E-state index in [0.29, 0.717) is 6.54 Å². The first-order chi connectivity index (χ1) is 10.6. The van der Waals surface area contributed by atoms with Crippen LogP contribution in [0.15, 0.2) is 35.7 Å². The first-order valence-electron chi connectivity index (χ1n) is 7.79. The monoisotopic (exact) mass is 314 g/mol. The molecule has 0 saturated carbocycles. The summed E-state index contributed by atoms with van der Waals surface area (Å²) in [6.07, 6.45) is 2.17. The van der Waals surface area contributed by atoms with Crippen LogP contribution in [0.5, 0.6) is 0 Å². The summed E-state index contributed by atoms with van der Waals surface area (Å²) in [4.78, 5) is 15.9. The van der Waals surface area contributed by atoms with Crippen LogP contribution >= 0.6 is 11.3 Å². The van der Waals surface area contributed by atoms with Gasteiger partial charge in [0.25, 0.3) is 0 Å². The molecule has 0 bridgehead atoms. The van der Waals surface area contributed by atoms with Crippen LogP contribution in [0.2, 0.25) is 0 Å². The summed E-state index contributed by atoms with van der Waals surface area (Å²) in [5, 5.41) is 5.40. The van der Waals surface area contributed by atoms with Crippen LogP contribution in [-0.4, -0.2) is 23.9 Å². The molecule has 1 unspecified atom stereocenters. The highest BCUT2D eigenvalue weighted by Crippen LogP contribution is 2.34. The van der Waals surface area contributed by atoms with E-state index in [4.69, 9.17) is 0 Å². The Labute approximate surface area is 136 Å². The fraction of sp³-hybridized carbons (Fsp3) is 0.389. The van der Waals surface area contributed by atoms with E-state index in [1.807, 2.05) is 4.90 Å². The Morgan fingerprint density at radius 2 is 2.23 bits per heavy atom. The van der Waals surface area contributed by atoms with Gasteiger partial charge in [-0.25, -0.2) is 0 Å². The molecule has 0 radical (unpaired) electrons. The van der Waals surface area contributed by atoms with Gasteiger partial charge >= 0.3 is 0 Å². The molecule has 1 aliphatic heterocycles. The smallest absolute Gasteiger partial charge is 0.242 e. The molecule has 1 amide bonds. The molecule has 1 fully saturated rings. The molecule has 2 heterocycles. The number of amides is 1. The van der Waals surface area contributed by atoms with Crippen molar-refractivity contribution in [3.8, 4) is 0 Å². The number of hydrogen-bond acceptors (Lipinski definition) is 3. The maximum absolute atomic E-state index is 12.6. The third-order valence-corrected chi connectivity index (χ3v) is 5.24. The first-order valence-corrected chi connectivity index (χ1v) is 8.67. The number of nitrogens with one attached hydrogen (secondary N) is 1. The minimum Gasteiger partial charge on any atom is -0.376 e. The summed E-state index contributed by atoms with van der Waals surface area (Å²) >= 11 is 1.75. The van der Waals surface area contributed by atoms with Gasteiger partial charge in [-0.15, -0.1) is 11.3 Å². The highest BCUT2D eigenvalue weighted by atomic mass is 32.1. The summed E-state index contributed by atoms with van der Waals surface area (Å²) in [6, 6.07) is 10.8. The zero-order valence-electron chi connectivity index (χ0n) is 13.1. The SMILES string of the molecule is Cc1ccc(C)c(NCC(=O)N2CCCC2c2cccs2)c1. The van der Waals surface area contributed by atoms with Gasteiger partial charge < -0.3 is 10.2 Å². The number of anilines is 1. The highest BCUT2D eigenvalue weighted by molar-refractivity contribution is 7.10. The van der Waals surface area contributed by atoms with Gasteiger partial charge in [0, 0.05) is 17.1 Å². The number of carbonyl (C=O) groups excluding carboxylic acids is 1. The lowest BCUT2D eigenvalue weighted by Crippen LogP contribution is -2.34. The van der Waals surface area contributed by atoms with Crippen molar-refractivity contribution < 1.29 is 4.79 Å². The number of carbonyl (C=O) groups is 1. The fourth-order valence-corrected chi connectivity index (χ4v) is 3.91.